The SMILES string of the molecule is Nc1ncnc2c1ncn2Cc1c(N2CCC[C@](N)([C@H](O)C(F)F)C2)cnc(-c2ccc(F)cc2F)c1F. The highest BCUT2D eigenvalue weighted by atomic mass is 19.3. The number of piperidine rings is 1. The van der Waals surface area contributed by atoms with E-state index in [1.807, 2.05) is 0 Å². The molecule has 14 heteroatoms. The Morgan fingerprint density at radius 1 is 1.11 bits per heavy atom. The summed E-state index contributed by atoms with van der Waals surface area (Å²) in [6, 6.07) is 2.67. The van der Waals surface area contributed by atoms with Crippen LogP contribution >= 0.6 is 0 Å². The van der Waals surface area contributed by atoms with E-state index < -0.39 is 35.5 Å². The van der Waals surface area contributed by atoms with Crippen LogP contribution in [0, 0.1) is 17.5 Å². The van der Waals surface area contributed by atoms with Crippen LogP contribution in [-0.4, -0.2) is 60.8 Å². The van der Waals surface area contributed by atoms with Gasteiger partial charge in [-0.25, -0.2) is 36.9 Å². The number of alkyl halides is 2. The topological polar surface area (TPSA) is 132 Å². The Balaban J connectivity index is 1.63. The number of nitrogens with two attached hydrogens (primary N) is 2. The Labute approximate surface area is 213 Å². The third-order valence-electron chi connectivity index (χ3n) is 6.77. The molecule has 0 radical (unpaired) electrons. The summed E-state index contributed by atoms with van der Waals surface area (Å²) < 4.78 is 72.4. The quantitative estimate of drug-likeness (QED) is 0.322. The van der Waals surface area contributed by atoms with Gasteiger partial charge in [-0.2, -0.15) is 0 Å². The summed E-state index contributed by atoms with van der Waals surface area (Å²) in [7, 11) is 0. The summed E-state index contributed by atoms with van der Waals surface area (Å²) in [6.07, 6.45) is -0.828. The average molecular weight is 534 g/mol. The van der Waals surface area contributed by atoms with Gasteiger partial charge in [0.1, 0.15) is 35.3 Å². The van der Waals surface area contributed by atoms with Crippen molar-refractivity contribution in [2.45, 2.75) is 37.5 Å². The minimum Gasteiger partial charge on any atom is -0.385 e. The second-order valence-electron chi connectivity index (χ2n) is 9.25. The Bertz CT molecular complexity index is 1500. The molecular weight excluding hydrogens is 511 g/mol. The van der Waals surface area contributed by atoms with Gasteiger partial charge in [-0.15, -0.1) is 0 Å². The van der Waals surface area contributed by atoms with Crippen LogP contribution in [0.4, 0.5) is 33.5 Å². The van der Waals surface area contributed by atoms with Crippen molar-refractivity contribution in [1.82, 2.24) is 24.5 Å². The van der Waals surface area contributed by atoms with E-state index >= 15 is 4.39 Å². The third kappa shape index (κ3) is 4.49. The van der Waals surface area contributed by atoms with Crippen LogP contribution in [0.25, 0.3) is 22.4 Å². The summed E-state index contributed by atoms with van der Waals surface area (Å²) in [5.74, 6) is -2.65. The second kappa shape index (κ2) is 9.76. The van der Waals surface area contributed by atoms with Gasteiger partial charge in [-0.1, -0.05) is 0 Å². The van der Waals surface area contributed by atoms with Gasteiger partial charge in [0, 0.05) is 30.3 Å². The number of fused-ring (bicyclic) bond motifs is 1. The average Bonchev–Trinajstić information content (AvgIpc) is 3.29. The van der Waals surface area contributed by atoms with E-state index in [4.69, 9.17) is 11.5 Å². The number of anilines is 2. The number of aliphatic hydroxyl groups excluding tert-OH is 1. The number of nitrogens with zero attached hydrogens (tertiary/aromatic N) is 6. The van der Waals surface area contributed by atoms with Crippen molar-refractivity contribution in [3.05, 3.63) is 60.1 Å². The molecule has 4 aromatic rings. The molecule has 0 unspecified atom stereocenters. The number of rotatable bonds is 6. The number of pyridine rings is 1. The number of hydrogen-bond acceptors (Lipinski definition) is 8. The molecule has 1 aromatic carbocycles. The largest absolute Gasteiger partial charge is 0.385 e. The predicted octanol–water partition coefficient (Wildman–Crippen LogP) is 2.86. The first kappa shape index (κ1) is 25.7. The predicted molar refractivity (Wildman–Crippen MR) is 129 cm³/mol. The van der Waals surface area contributed by atoms with Gasteiger partial charge in [0.2, 0.25) is 0 Å². The minimum atomic E-state index is -3.07. The molecule has 1 fully saturated rings. The maximum absolute atomic E-state index is 16.2. The van der Waals surface area contributed by atoms with E-state index in [0.29, 0.717) is 24.7 Å². The number of halogens is 5. The highest BCUT2D eigenvalue weighted by molar-refractivity contribution is 5.81. The van der Waals surface area contributed by atoms with Crippen molar-refractivity contribution in [1.29, 1.82) is 0 Å². The van der Waals surface area contributed by atoms with Gasteiger partial charge in [-0.3, -0.25) is 4.98 Å². The number of aromatic nitrogens is 5. The molecule has 0 spiro atoms. The lowest BCUT2D eigenvalue weighted by molar-refractivity contribution is -0.0529. The summed E-state index contributed by atoms with van der Waals surface area (Å²) in [5.41, 5.74) is 10.5. The van der Waals surface area contributed by atoms with Crippen molar-refractivity contribution in [3.8, 4) is 11.3 Å². The standard InChI is InChI=1S/C24H23F5N8O/c25-12-2-3-13(15(26)6-12)18-17(27)14(8-37-11-35-19-22(30)33-10-34-23(19)37)16(7-32-18)36-5-1-4-24(31,9-36)20(38)21(28)29/h2-3,6-7,10-11,20-21,38H,1,4-5,8-9,31H2,(H2,30,33,34)/t20-,24-/m1/s1. The van der Waals surface area contributed by atoms with Crippen LogP contribution in [0.3, 0.4) is 0 Å². The summed E-state index contributed by atoms with van der Waals surface area (Å²) in [5, 5.41) is 10.1. The molecule has 4 heterocycles. The van der Waals surface area contributed by atoms with Crippen molar-refractivity contribution in [3.63, 3.8) is 0 Å². The molecule has 38 heavy (non-hydrogen) atoms. The molecule has 3 aromatic heterocycles. The van der Waals surface area contributed by atoms with E-state index in [1.165, 1.54) is 23.4 Å². The van der Waals surface area contributed by atoms with E-state index in [9.17, 15) is 22.7 Å². The van der Waals surface area contributed by atoms with Gasteiger partial charge in [0.05, 0.1) is 30.3 Å². The van der Waals surface area contributed by atoms with Gasteiger partial charge in [-0.05, 0) is 25.0 Å². The fraction of sp³-hybridized carbons (Fsp3) is 0.333. The van der Waals surface area contributed by atoms with Crippen molar-refractivity contribution < 1.29 is 27.1 Å². The zero-order valence-corrected chi connectivity index (χ0v) is 19.8. The fourth-order valence-corrected chi connectivity index (χ4v) is 4.80. The molecule has 0 amide bonds. The molecule has 1 aliphatic heterocycles. The summed E-state index contributed by atoms with van der Waals surface area (Å²) in [4.78, 5) is 17.9. The number of hydrogen-bond donors (Lipinski definition) is 3. The van der Waals surface area contributed by atoms with Crippen molar-refractivity contribution >= 4 is 22.7 Å². The van der Waals surface area contributed by atoms with E-state index in [1.54, 1.807) is 4.90 Å². The van der Waals surface area contributed by atoms with Crippen LogP contribution in [0.2, 0.25) is 0 Å². The van der Waals surface area contributed by atoms with Gasteiger partial charge >= 0.3 is 0 Å². The second-order valence-corrected chi connectivity index (χ2v) is 9.25. The monoisotopic (exact) mass is 534 g/mol. The van der Waals surface area contributed by atoms with Gasteiger partial charge in [0.15, 0.2) is 17.3 Å². The molecule has 0 saturated carbocycles. The first-order valence-electron chi connectivity index (χ1n) is 11.6. The molecule has 1 saturated heterocycles. The van der Waals surface area contributed by atoms with Gasteiger partial charge < -0.3 is 26.0 Å². The third-order valence-corrected chi connectivity index (χ3v) is 6.77. The van der Waals surface area contributed by atoms with Crippen molar-refractivity contribution in [2.75, 3.05) is 23.7 Å². The Kier molecular flexibility index (Phi) is 6.61. The fourth-order valence-electron chi connectivity index (χ4n) is 4.80. The van der Waals surface area contributed by atoms with E-state index in [2.05, 4.69) is 19.9 Å². The van der Waals surface area contributed by atoms with Crippen molar-refractivity contribution in [2.24, 2.45) is 5.73 Å². The van der Waals surface area contributed by atoms with Crippen LogP contribution in [-0.2, 0) is 6.54 Å². The Hall–Kier alpha value is -3.91. The summed E-state index contributed by atoms with van der Waals surface area (Å²) >= 11 is 0. The molecule has 2 atom stereocenters. The van der Waals surface area contributed by atoms with Crippen LogP contribution in [0.1, 0.15) is 18.4 Å². The Morgan fingerprint density at radius 2 is 1.89 bits per heavy atom. The number of imidazole rings is 1. The van der Waals surface area contributed by atoms with Crippen LogP contribution in [0.15, 0.2) is 37.1 Å². The molecule has 0 bridgehead atoms. The number of benzene rings is 1. The zero-order valence-electron chi connectivity index (χ0n) is 19.8. The Morgan fingerprint density at radius 3 is 2.63 bits per heavy atom. The lowest BCUT2D eigenvalue weighted by Crippen LogP contribution is -2.63. The van der Waals surface area contributed by atoms with Crippen LogP contribution in [0.5, 0.6) is 0 Å². The van der Waals surface area contributed by atoms with E-state index in [0.717, 1.165) is 12.1 Å². The number of nitrogen functional groups attached to an aromatic ring is 1. The summed E-state index contributed by atoms with van der Waals surface area (Å²) in [6.45, 7) is -0.0817. The molecule has 5 N–H and O–H groups in total. The minimum absolute atomic E-state index is 0.00555. The first-order chi connectivity index (χ1) is 18.1. The van der Waals surface area contributed by atoms with E-state index in [-0.39, 0.29) is 53.4 Å². The zero-order chi connectivity index (χ0) is 27.2. The van der Waals surface area contributed by atoms with Gasteiger partial charge in [0.25, 0.3) is 6.43 Å². The molecule has 200 valence electrons. The maximum atomic E-state index is 16.2. The normalized spacial score (nSPS) is 18.9. The highest BCUT2D eigenvalue weighted by Gasteiger charge is 2.43. The first-order valence-corrected chi connectivity index (χ1v) is 11.6. The number of aliphatic hydroxyl groups is 1. The molecule has 5 rings (SSSR count). The molecular formula is C24H23F5N8O. The molecule has 1 aliphatic rings. The molecule has 9 nitrogen and oxygen atoms in total. The van der Waals surface area contributed by atoms with Crippen LogP contribution < -0.4 is 16.4 Å². The molecule has 0 aliphatic carbocycles. The lowest BCUT2D eigenvalue weighted by atomic mass is 9.84. The lowest BCUT2D eigenvalue weighted by Gasteiger charge is -2.44. The smallest absolute Gasteiger partial charge is 0.265 e. The maximum Gasteiger partial charge on any atom is 0.265 e. The highest BCUT2D eigenvalue weighted by Crippen LogP contribution is 2.35.